The van der Waals surface area contributed by atoms with E-state index < -0.39 is 0 Å². The van der Waals surface area contributed by atoms with E-state index >= 15 is 0 Å². The molecule has 0 atom stereocenters. The summed E-state index contributed by atoms with van der Waals surface area (Å²) in [5.41, 5.74) is 1.99. The molecule has 16 heavy (non-hydrogen) atoms. The van der Waals surface area contributed by atoms with Gasteiger partial charge in [0, 0.05) is 10.5 Å². The van der Waals surface area contributed by atoms with E-state index in [9.17, 15) is 4.79 Å². The summed E-state index contributed by atoms with van der Waals surface area (Å²) in [4.78, 5) is 11.6. The van der Waals surface area contributed by atoms with Crippen LogP contribution in [-0.4, -0.2) is 18.5 Å². The molecule has 0 aliphatic heterocycles. The molecule has 1 aromatic rings. The molecule has 3 nitrogen and oxygen atoms in total. The van der Waals surface area contributed by atoms with Gasteiger partial charge in [0.05, 0.1) is 12.2 Å². The van der Waals surface area contributed by atoms with E-state index in [1.165, 1.54) is 18.4 Å². The normalized spacial score (nSPS) is 14.9. The third-order valence-electron chi connectivity index (χ3n) is 2.53. The maximum Gasteiger partial charge on any atom is 0.238 e. The number of amides is 1. The Balaban J connectivity index is 1.89. The lowest BCUT2D eigenvalue weighted by Gasteiger charge is -2.08. The first-order valence-corrected chi connectivity index (χ1v) is 6.24. The summed E-state index contributed by atoms with van der Waals surface area (Å²) in [6.45, 7) is 2.41. The number of carbonyl (C=O) groups is 1. The number of hydrogen-bond donors (Lipinski definition) is 2. The molecule has 1 aromatic carbocycles. The van der Waals surface area contributed by atoms with Crippen molar-refractivity contribution in [2.45, 2.75) is 25.8 Å². The van der Waals surface area contributed by atoms with Crippen molar-refractivity contribution in [1.82, 2.24) is 5.32 Å². The fourth-order valence-electron chi connectivity index (χ4n) is 1.44. The molecule has 0 radical (unpaired) electrons. The van der Waals surface area contributed by atoms with Crippen LogP contribution in [0.2, 0.25) is 0 Å². The van der Waals surface area contributed by atoms with Gasteiger partial charge in [0.15, 0.2) is 0 Å². The summed E-state index contributed by atoms with van der Waals surface area (Å²) in [7, 11) is 0. The topological polar surface area (TPSA) is 41.1 Å². The Morgan fingerprint density at radius 1 is 1.50 bits per heavy atom. The van der Waals surface area contributed by atoms with Gasteiger partial charge in [-0.3, -0.25) is 4.79 Å². The monoisotopic (exact) mass is 282 g/mol. The molecule has 0 spiro atoms. The largest absolute Gasteiger partial charge is 0.324 e. The third-order valence-corrected chi connectivity index (χ3v) is 3.18. The number of nitrogens with one attached hydrogen (secondary N) is 2. The van der Waals surface area contributed by atoms with E-state index in [-0.39, 0.29) is 5.91 Å². The minimum atomic E-state index is 0.0106. The van der Waals surface area contributed by atoms with Gasteiger partial charge in [-0.2, -0.15) is 0 Å². The number of benzene rings is 1. The van der Waals surface area contributed by atoms with Crippen molar-refractivity contribution in [2.75, 3.05) is 11.9 Å². The molecule has 0 aromatic heterocycles. The van der Waals surface area contributed by atoms with Crippen molar-refractivity contribution in [3.05, 3.63) is 28.2 Å². The number of anilines is 1. The summed E-state index contributed by atoms with van der Waals surface area (Å²) in [5.74, 6) is 0.0106. The van der Waals surface area contributed by atoms with Gasteiger partial charge in [0.25, 0.3) is 0 Å². The summed E-state index contributed by atoms with van der Waals surface area (Å²) in [6.07, 6.45) is 2.39. The van der Waals surface area contributed by atoms with Crippen LogP contribution in [0.3, 0.4) is 0 Å². The van der Waals surface area contributed by atoms with E-state index in [0.717, 1.165) is 10.2 Å². The minimum absolute atomic E-state index is 0.0106. The predicted octanol–water partition coefficient (Wildman–Crippen LogP) is 2.45. The SMILES string of the molecule is Cc1ccc(NC(=O)CNC2CC2)c(Br)c1. The van der Waals surface area contributed by atoms with Crippen molar-refractivity contribution in [3.63, 3.8) is 0 Å². The second kappa shape index (κ2) is 4.97. The smallest absolute Gasteiger partial charge is 0.238 e. The molecule has 1 aliphatic rings. The van der Waals surface area contributed by atoms with Gasteiger partial charge in [0.1, 0.15) is 0 Å². The van der Waals surface area contributed by atoms with Crippen LogP contribution in [0.15, 0.2) is 22.7 Å². The molecular formula is C12H15BrN2O. The first-order valence-electron chi connectivity index (χ1n) is 5.44. The molecule has 4 heteroatoms. The number of hydrogen-bond acceptors (Lipinski definition) is 2. The van der Waals surface area contributed by atoms with Crippen LogP contribution >= 0.6 is 15.9 Å². The Morgan fingerprint density at radius 3 is 2.88 bits per heavy atom. The molecule has 1 saturated carbocycles. The standard InChI is InChI=1S/C12H15BrN2O/c1-8-2-5-11(10(13)6-8)15-12(16)7-14-9-3-4-9/h2,5-6,9,14H,3-4,7H2,1H3,(H,15,16). The predicted molar refractivity (Wildman–Crippen MR) is 68.5 cm³/mol. The highest BCUT2D eigenvalue weighted by Gasteiger charge is 2.21. The van der Waals surface area contributed by atoms with Gasteiger partial charge in [-0.1, -0.05) is 6.07 Å². The lowest BCUT2D eigenvalue weighted by molar-refractivity contribution is -0.115. The maximum atomic E-state index is 11.6. The van der Waals surface area contributed by atoms with Gasteiger partial charge >= 0.3 is 0 Å². The third kappa shape index (κ3) is 3.32. The maximum absolute atomic E-state index is 11.6. The Hall–Kier alpha value is -0.870. The fourth-order valence-corrected chi connectivity index (χ4v) is 2.03. The number of halogens is 1. The lowest BCUT2D eigenvalue weighted by atomic mass is 10.2. The number of rotatable bonds is 4. The van der Waals surface area contributed by atoms with Crippen LogP contribution in [0.25, 0.3) is 0 Å². The first kappa shape index (κ1) is 11.6. The van der Waals surface area contributed by atoms with Gasteiger partial charge in [-0.15, -0.1) is 0 Å². The molecule has 0 heterocycles. The first-order chi connectivity index (χ1) is 7.65. The van der Waals surface area contributed by atoms with Crippen LogP contribution in [0.4, 0.5) is 5.69 Å². The summed E-state index contributed by atoms with van der Waals surface area (Å²) in [6, 6.07) is 6.44. The zero-order valence-electron chi connectivity index (χ0n) is 9.22. The molecule has 2 N–H and O–H groups in total. The molecule has 1 amide bonds. The van der Waals surface area contributed by atoms with Crippen molar-refractivity contribution >= 4 is 27.5 Å². The molecule has 0 saturated heterocycles. The zero-order chi connectivity index (χ0) is 11.5. The molecule has 0 bridgehead atoms. The Bertz CT molecular complexity index is 402. The molecule has 1 fully saturated rings. The van der Waals surface area contributed by atoms with Crippen molar-refractivity contribution in [1.29, 1.82) is 0 Å². The average Bonchev–Trinajstić information content (AvgIpc) is 3.03. The summed E-state index contributed by atoms with van der Waals surface area (Å²) >= 11 is 3.43. The summed E-state index contributed by atoms with van der Waals surface area (Å²) in [5, 5.41) is 6.05. The van der Waals surface area contributed by atoms with Crippen molar-refractivity contribution in [2.24, 2.45) is 0 Å². The van der Waals surface area contributed by atoms with Crippen molar-refractivity contribution < 1.29 is 4.79 Å². The quantitative estimate of drug-likeness (QED) is 0.891. The van der Waals surface area contributed by atoms with E-state index in [4.69, 9.17) is 0 Å². The van der Waals surface area contributed by atoms with Crippen LogP contribution < -0.4 is 10.6 Å². The van der Waals surface area contributed by atoms with E-state index in [2.05, 4.69) is 26.6 Å². The van der Waals surface area contributed by atoms with Gasteiger partial charge in [-0.05, 0) is 53.4 Å². The highest BCUT2D eigenvalue weighted by Crippen LogP contribution is 2.23. The second-order valence-electron chi connectivity index (χ2n) is 4.19. The van der Waals surface area contributed by atoms with Crippen LogP contribution in [-0.2, 0) is 4.79 Å². The van der Waals surface area contributed by atoms with Gasteiger partial charge in [0.2, 0.25) is 5.91 Å². The number of aryl methyl sites for hydroxylation is 1. The molecule has 0 unspecified atom stereocenters. The van der Waals surface area contributed by atoms with Crippen molar-refractivity contribution in [3.8, 4) is 0 Å². The summed E-state index contributed by atoms with van der Waals surface area (Å²) < 4.78 is 0.923. The Morgan fingerprint density at radius 2 is 2.25 bits per heavy atom. The second-order valence-corrected chi connectivity index (χ2v) is 5.04. The molecular weight excluding hydrogens is 268 g/mol. The Labute approximate surface area is 104 Å². The van der Waals surface area contributed by atoms with Crippen LogP contribution in [0, 0.1) is 6.92 Å². The lowest BCUT2D eigenvalue weighted by Crippen LogP contribution is -2.29. The Kier molecular flexibility index (Phi) is 3.61. The molecule has 2 rings (SSSR count). The average molecular weight is 283 g/mol. The minimum Gasteiger partial charge on any atom is -0.324 e. The van der Waals surface area contributed by atoms with E-state index in [1.807, 2.05) is 25.1 Å². The van der Waals surface area contributed by atoms with E-state index in [0.29, 0.717) is 12.6 Å². The van der Waals surface area contributed by atoms with Crippen LogP contribution in [0.5, 0.6) is 0 Å². The number of carbonyl (C=O) groups excluding carboxylic acids is 1. The highest BCUT2D eigenvalue weighted by molar-refractivity contribution is 9.10. The highest BCUT2D eigenvalue weighted by atomic mass is 79.9. The molecule has 86 valence electrons. The van der Waals surface area contributed by atoms with Gasteiger partial charge in [-0.25, -0.2) is 0 Å². The van der Waals surface area contributed by atoms with Gasteiger partial charge < -0.3 is 10.6 Å². The zero-order valence-corrected chi connectivity index (χ0v) is 10.8. The fraction of sp³-hybridized carbons (Fsp3) is 0.417. The van der Waals surface area contributed by atoms with Crippen LogP contribution in [0.1, 0.15) is 18.4 Å². The van der Waals surface area contributed by atoms with E-state index in [1.54, 1.807) is 0 Å². The molecule has 1 aliphatic carbocycles.